The van der Waals surface area contributed by atoms with E-state index >= 15 is 0 Å². The van der Waals surface area contributed by atoms with Crippen molar-refractivity contribution in [2.24, 2.45) is 0 Å². The van der Waals surface area contributed by atoms with Crippen LogP contribution < -0.4 is 5.32 Å². The Morgan fingerprint density at radius 1 is 1.15 bits per heavy atom. The molecule has 0 aliphatic rings. The van der Waals surface area contributed by atoms with Crippen molar-refractivity contribution in [2.45, 2.75) is 19.3 Å². The molecule has 0 bridgehead atoms. The zero-order valence-electron chi connectivity index (χ0n) is 14.5. The van der Waals surface area contributed by atoms with Crippen molar-refractivity contribution in [1.29, 1.82) is 0 Å². The number of carbonyl (C=O) groups is 1. The lowest BCUT2D eigenvalue weighted by Gasteiger charge is -2.06. The molecule has 0 saturated heterocycles. The molecule has 0 unspecified atom stereocenters. The predicted octanol–water partition coefficient (Wildman–Crippen LogP) is 3.71. The van der Waals surface area contributed by atoms with E-state index in [2.05, 4.69) is 22.4 Å². The number of hydrogen-bond donors (Lipinski definition) is 1. The van der Waals surface area contributed by atoms with Gasteiger partial charge in [0.05, 0.1) is 25.0 Å². The maximum Gasteiger partial charge on any atom is 0.226 e. The smallest absolute Gasteiger partial charge is 0.226 e. The van der Waals surface area contributed by atoms with Crippen LogP contribution in [-0.4, -0.2) is 30.6 Å². The number of hydrogen-bond acceptors (Lipinski definition) is 5. The first-order valence-corrected chi connectivity index (χ1v) is 9.56. The van der Waals surface area contributed by atoms with Crippen LogP contribution in [0, 0.1) is 0 Å². The van der Waals surface area contributed by atoms with Crippen molar-refractivity contribution in [3.05, 3.63) is 65.4 Å². The Labute approximate surface area is 157 Å². The highest BCUT2D eigenvalue weighted by Crippen LogP contribution is 2.23. The molecule has 1 N–H and O–H groups in total. The molecular formula is C20H22N2O3S. The summed E-state index contributed by atoms with van der Waals surface area (Å²) < 4.78 is 10.9. The van der Waals surface area contributed by atoms with Crippen molar-refractivity contribution < 1.29 is 13.9 Å². The van der Waals surface area contributed by atoms with Gasteiger partial charge in [-0.3, -0.25) is 4.79 Å². The molecule has 0 atom stereocenters. The number of amides is 1. The van der Waals surface area contributed by atoms with Crippen LogP contribution in [0.2, 0.25) is 0 Å². The second-order valence-corrected chi connectivity index (χ2v) is 6.71. The zero-order chi connectivity index (χ0) is 18.0. The van der Waals surface area contributed by atoms with E-state index in [1.807, 2.05) is 35.7 Å². The Morgan fingerprint density at radius 3 is 2.85 bits per heavy atom. The van der Waals surface area contributed by atoms with Gasteiger partial charge in [0.15, 0.2) is 10.8 Å². The van der Waals surface area contributed by atoms with E-state index in [1.165, 1.54) is 16.9 Å². The second-order valence-electron chi connectivity index (χ2n) is 5.85. The van der Waals surface area contributed by atoms with E-state index in [4.69, 9.17) is 9.15 Å². The lowest BCUT2D eigenvalue weighted by molar-refractivity contribution is -0.120. The first-order chi connectivity index (χ1) is 12.8. The molecule has 0 spiro atoms. The van der Waals surface area contributed by atoms with Gasteiger partial charge in [-0.2, -0.15) is 0 Å². The molecule has 26 heavy (non-hydrogen) atoms. The predicted molar refractivity (Wildman–Crippen MR) is 102 cm³/mol. The minimum atomic E-state index is -0.0226. The standard InChI is InChI=1S/C20H22N2O3S/c23-19(14-17-15-26-20(22-17)18-8-4-12-25-18)21-10-5-11-24-13-9-16-6-2-1-3-7-16/h1-4,6-8,12,15H,5,9-11,13-14H2,(H,21,23). The number of nitrogens with one attached hydrogen (secondary N) is 1. The molecule has 0 fully saturated rings. The van der Waals surface area contributed by atoms with E-state index in [0.717, 1.165) is 29.3 Å². The first-order valence-electron chi connectivity index (χ1n) is 8.68. The average Bonchev–Trinajstić information content (AvgIpc) is 3.33. The monoisotopic (exact) mass is 370 g/mol. The number of aromatic nitrogens is 1. The summed E-state index contributed by atoms with van der Waals surface area (Å²) in [6, 6.07) is 14.0. The molecule has 3 rings (SSSR count). The molecule has 1 aromatic carbocycles. The summed E-state index contributed by atoms with van der Waals surface area (Å²) in [4.78, 5) is 16.4. The number of ether oxygens (including phenoxy) is 1. The van der Waals surface area contributed by atoms with Gasteiger partial charge in [0.25, 0.3) is 0 Å². The van der Waals surface area contributed by atoms with E-state index in [9.17, 15) is 4.79 Å². The SMILES string of the molecule is O=C(Cc1csc(-c2ccco2)n1)NCCCOCCc1ccccc1. The van der Waals surface area contributed by atoms with Gasteiger partial charge in [-0.05, 0) is 30.5 Å². The minimum Gasteiger partial charge on any atom is -0.462 e. The van der Waals surface area contributed by atoms with Crippen LogP contribution in [-0.2, 0) is 22.4 Å². The number of rotatable bonds is 10. The lowest BCUT2D eigenvalue weighted by atomic mass is 10.2. The Morgan fingerprint density at radius 2 is 2.04 bits per heavy atom. The van der Waals surface area contributed by atoms with Crippen molar-refractivity contribution >= 4 is 17.2 Å². The lowest BCUT2D eigenvalue weighted by Crippen LogP contribution is -2.27. The molecule has 0 saturated carbocycles. The van der Waals surface area contributed by atoms with E-state index < -0.39 is 0 Å². The largest absolute Gasteiger partial charge is 0.462 e. The molecule has 2 heterocycles. The van der Waals surface area contributed by atoms with Gasteiger partial charge in [-0.1, -0.05) is 30.3 Å². The van der Waals surface area contributed by atoms with Crippen molar-refractivity contribution in [3.8, 4) is 10.8 Å². The zero-order valence-corrected chi connectivity index (χ0v) is 15.3. The quantitative estimate of drug-likeness (QED) is 0.553. The molecule has 136 valence electrons. The highest BCUT2D eigenvalue weighted by Gasteiger charge is 2.10. The van der Waals surface area contributed by atoms with Gasteiger partial charge in [-0.15, -0.1) is 11.3 Å². The van der Waals surface area contributed by atoms with Gasteiger partial charge in [0.2, 0.25) is 5.91 Å². The number of furan rings is 1. The van der Waals surface area contributed by atoms with Crippen LogP contribution in [0.5, 0.6) is 0 Å². The van der Waals surface area contributed by atoms with Gasteiger partial charge in [-0.25, -0.2) is 4.98 Å². The third kappa shape index (κ3) is 5.82. The van der Waals surface area contributed by atoms with Crippen LogP contribution in [0.1, 0.15) is 17.7 Å². The second kappa shape index (κ2) is 9.89. The van der Waals surface area contributed by atoms with Crippen LogP contribution in [0.3, 0.4) is 0 Å². The Bertz CT molecular complexity index is 785. The molecule has 6 heteroatoms. The molecule has 5 nitrogen and oxygen atoms in total. The minimum absolute atomic E-state index is 0.0226. The normalized spacial score (nSPS) is 10.8. The maximum atomic E-state index is 12.0. The summed E-state index contributed by atoms with van der Waals surface area (Å²) in [5.74, 6) is 0.708. The summed E-state index contributed by atoms with van der Waals surface area (Å²) in [5, 5.41) is 5.59. The van der Waals surface area contributed by atoms with Gasteiger partial charge in [0.1, 0.15) is 0 Å². The summed E-state index contributed by atoms with van der Waals surface area (Å²) in [6.07, 6.45) is 3.61. The van der Waals surface area contributed by atoms with Gasteiger partial charge >= 0.3 is 0 Å². The van der Waals surface area contributed by atoms with Crippen molar-refractivity contribution in [1.82, 2.24) is 10.3 Å². The fourth-order valence-electron chi connectivity index (χ4n) is 2.47. The van der Waals surface area contributed by atoms with Crippen LogP contribution in [0.15, 0.2) is 58.5 Å². The van der Waals surface area contributed by atoms with Gasteiger partial charge < -0.3 is 14.5 Å². The molecular weight excluding hydrogens is 348 g/mol. The third-order valence-corrected chi connectivity index (χ3v) is 4.70. The van der Waals surface area contributed by atoms with E-state index in [0.29, 0.717) is 19.8 Å². The molecule has 2 aromatic heterocycles. The van der Waals surface area contributed by atoms with Crippen LogP contribution in [0.25, 0.3) is 10.8 Å². The first kappa shape index (κ1) is 18.4. The molecule has 0 radical (unpaired) electrons. The molecule has 0 aliphatic carbocycles. The molecule has 3 aromatic rings. The fraction of sp³-hybridized carbons (Fsp3) is 0.300. The number of thiazole rings is 1. The van der Waals surface area contributed by atoms with Gasteiger partial charge in [0, 0.05) is 18.5 Å². The average molecular weight is 370 g/mol. The molecule has 0 aliphatic heterocycles. The molecule has 1 amide bonds. The summed E-state index contributed by atoms with van der Waals surface area (Å²) in [5.41, 5.74) is 2.04. The van der Waals surface area contributed by atoms with E-state index in [-0.39, 0.29) is 12.3 Å². The Balaban J connectivity index is 1.26. The maximum absolute atomic E-state index is 12.0. The Kier molecular flexibility index (Phi) is 6.98. The Hall–Kier alpha value is -2.44. The van der Waals surface area contributed by atoms with Crippen molar-refractivity contribution in [2.75, 3.05) is 19.8 Å². The summed E-state index contributed by atoms with van der Waals surface area (Å²) in [6.45, 7) is 1.96. The highest BCUT2D eigenvalue weighted by molar-refractivity contribution is 7.13. The fourth-order valence-corrected chi connectivity index (χ4v) is 3.25. The summed E-state index contributed by atoms with van der Waals surface area (Å²) >= 11 is 1.48. The number of benzene rings is 1. The topological polar surface area (TPSA) is 64.4 Å². The third-order valence-electron chi connectivity index (χ3n) is 3.79. The number of carbonyl (C=O) groups excluding carboxylic acids is 1. The van der Waals surface area contributed by atoms with Crippen molar-refractivity contribution in [3.63, 3.8) is 0 Å². The van der Waals surface area contributed by atoms with Crippen LogP contribution in [0.4, 0.5) is 0 Å². The van der Waals surface area contributed by atoms with E-state index in [1.54, 1.807) is 6.26 Å². The number of nitrogens with zero attached hydrogens (tertiary/aromatic N) is 1. The van der Waals surface area contributed by atoms with Crippen LogP contribution >= 0.6 is 11.3 Å². The highest BCUT2D eigenvalue weighted by atomic mass is 32.1. The summed E-state index contributed by atoms with van der Waals surface area (Å²) in [7, 11) is 0.